The number of phenols is 1. The first kappa shape index (κ1) is 9.60. The lowest BCUT2D eigenvalue weighted by Crippen LogP contribution is -2.10. The molecule has 2 aromatic rings. The highest BCUT2D eigenvalue weighted by molar-refractivity contribution is 7.10. The molecule has 15 heavy (non-hydrogen) atoms. The predicted octanol–water partition coefficient (Wildman–Crippen LogP) is 1.50. The number of aromatic hydroxyl groups is 1. The summed E-state index contributed by atoms with van der Waals surface area (Å²) in [5, 5.41) is 16.1. The third kappa shape index (κ3) is 2.10. The molecule has 0 unspecified atom stereocenters. The molecule has 1 amide bonds. The van der Waals surface area contributed by atoms with E-state index in [2.05, 4.69) is 14.9 Å². The number of hydrogen-bond acceptors (Lipinski definition) is 5. The third-order valence-corrected chi connectivity index (χ3v) is 2.33. The van der Waals surface area contributed by atoms with Crippen LogP contribution in [0.4, 0.5) is 5.00 Å². The average molecular weight is 221 g/mol. The van der Waals surface area contributed by atoms with Gasteiger partial charge in [0.2, 0.25) is 0 Å². The smallest absolute Gasteiger partial charge is 0.260 e. The van der Waals surface area contributed by atoms with Gasteiger partial charge in [0.05, 0.1) is 11.8 Å². The van der Waals surface area contributed by atoms with E-state index in [0.29, 0.717) is 5.00 Å². The van der Waals surface area contributed by atoms with Crippen molar-refractivity contribution in [3.63, 3.8) is 0 Å². The molecular weight excluding hydrogens is 214 g/mol. The van der Waals surface area contributed by atoms with Crippen molar-refractivity contribution in [1.82, 2.24) is 9.59 Å². The molecule has 2 rings (SSSR count). The molecule has 0 aliphatic rings. The molecule has 0 aliphatic carbocycles. The molecule has 0 saturated heterocycles. The van der Waals surface area contributed by atoms with E-state index in [9.17, 15) is 9.90 Å². The number of carbonyl (C=O) groups is 1. The maximum absolute atomic E-state index is 11.6. The lowest BCUT2D eigenvalue weighted by atomic mass is 10.2. The summed E-state index contributed by atoms with van der Waals surface area (Å²) < 4.78 is 3.61. The molecule has 0 saturated carbocycles. The molecule has 0 spiro atoms. The zero-order chi connectivity index (χ0) is 10.7. The molecule has 0 radical (unpaired) electrons. The number of benzene rings is 1. The average Bonchev–Trinajstić information content (AvgIpc) is 2.71. The van der Waals surface area contributed by atoms with Crippen molar-refractivity contribution < 1.29 is 9.90 Å². The molecule has 6 heteroatoms. The quantitative estimate of drug-likeness (QED) is 0.805. The summed E-state index contributed by atoms with van der Waals surface area (Å²) in [6, 6.07) is 6.33. The van der Waals surface area contributed by atoms with E-state index in [0.717, 1.165) is 11.5 Å². The van der Waals surface area contributed by atoms with E-state index in [1.165, 1.54) is 12.3 Å². The lowest BCUT2D eigenvalue weighted by Gasteiger charge is -2.02. The highest BCUT2D eigenvalue weighted by atomic mass is 32.1. The van der Waals surface area contributed by atoms with E-state index in [1.54, 1.807) is 18.2 Å². The fraction of sp³-hybridized carbons (Fsp3) is 0. The molecule has 1 aromatic heterocycles. The highest BCUT2D eigenvalue weighted by Gasteiger charge is 2.10. The zero-order valence-corrected chi connectivity index (χ0v) is 8.36. The monoisotopic (exact) mass is 221 g/mol. The Morgan fingerprint density at radius 3 is 2.87 bits per heavy atom. The van der Waals surface area contributed by atoms with Gasteiger partial charge in [0.1, 0.15) is 10.8 Å². The Hall–Kier alpha value is -1.95. The van der Waals surface area contributed by atoms with E-state index in [-0.39, 0.29) is 17.2 Å². The van der Waals surface area contributed by atoms with Crippen LogP contribution in [0.5, 0.6) is 5.75 Å². The van der Waals surface area contributed by atoms with Crippen molar-refractivity contribution in [2.24, 2.45) is 0 Å². The number of nitrogens with zero attached hydrogens (tertiary/aromatic N) is 2. The van der Waals surface area contributed by atoms with Crippen LogP contribution in [0.25, 0.3) is 0 Å². The first-order valence-corrected chi connectivity index (χ1v) is 4.91. The number of rotatable bonds is 2. The van der Waals surface area contributed by atoms with Crippen LogP contribution in [0.15, 0.2) is 30.5 Å². The number of aromatic nitrogens is 2. The molecule has 1 aromatic carbocycles. The van der Waals surface area contributed by atoms with Crippen LogP contribution in [0.3, 0.4) is 0 Å². The first-order valence-electron chi connectivity index (χ1n) is 4.14. The standard InChI is InChI=1S/C9H7N3O2S/c13-7-4-2-1-3-6(7)9(14)11-8-5-10-12-15-8/h1-5,13H,(H,11,14). The van der Waals surface area contributed by atoms with Crippen molar-refractivity contribution >= 4 is 22.4 Å². The van der Waals surface area contributed by atoms with Gasteiger partial charge < -0.3 is 10.4 Å². The van der Waals surface area contributed by atoms with Crippen molar-refractivity contribution in [1.29, 1.82) is 0 Å². The van der Waals surface area contributed by atoms with Gasteiger partial charge in [0.25, 0.3) is 5.91 Å². The van der Waals surface area contributed by atoms with Crippen LogP contribution < -0.4 is 5.32 Å². The number of phenolic OH excluding ortho intramolecular Hbond substituents is 1. The van der Waals surface area contributed by atoms with E-state index >= 15 is 0 Å². The first-order chi connectivity index (χ1) is 7.27. The van der Waals surface area contributed by atoms with Crippen LogP contribution in [-0.2, 0) is 0 Å². The largest absolute Gasteiger partial charge is 0.507 e. The van der Waals surface area contributed by atoms with Gasteiger partial charge in [0.15, 0.2) is 0 Å². The zero-order valence-electron chi connectivity index (χ0n) is 7.54. The van der Waals surface area contributed by atoms with Crippen LogP contribution in [0.2, 0.25) is 0 Å². The molecule has 76 valence electrons. The molecule has 1 heterocycles. The van der Waals surface area contributed by atoms with Gasteiger partial charge in [-0.1, -0.05) is 16.6 Å². The van der Waals surface area contributed by atoms with Crippen LogP contribution in [0, 0.1) is 0 Å². The van der Waals surface area contributed by atoms with E-state index < -0.39 is 0 Å². The summed E-state index contributed by atoms with van der Waals surface area (Å²) in [4.78, 5) is 11.6. The van der Waals surface area contributed by atoms with Gasteiger partial charge in [0, 0.05) is 11.5 Å². The molecule has 5 nitrogen and oxygen atoms in total. The normalized spacial score (nSPS) is 9.87. The Kier molecular flexibility index (Phi) is 2.59. The minimum absolute atomic E-state index is 0.0486. The molecule has 0 fully saturated rings. The Bertz CT molecular complexity index is 470. The van der Waals surface area contributed by atoms with Crippen LogP contribution >= 0.6 is 11.5 Å². The summed E-state index contributed by atoms with van der Waals surface area (Å²) in [7, 11) is 0. The second-order valence-electron chi connectivity index (χ2n) is 2.75. The number of amides is 1. The predicted molar refractivity (Wildman–Crippen MR) is 56.0 cm³/mol. The number of nitrogens with one attached hydrogen (secondary N) is 1. The maximum atomic E-state index is 11.6. The number of para-hydroxylation sites is 1. The van der Waals surface area contributed by atoms with Gasteiger partial charge in [-0.3, -0.25) is 4.79 Å². The molecule has 2 N–H and O–H groups in total. The van der Waals surface area contributed by atoms with E-state index in [1.807, 2.05) is 0 Å². The Morgan fingerprint density at radius 1 is 1.40 bits per heavy atom. The summed E-state index contributed by atoms with van der Waals surface area (Å²) in [6.07, 6.45) is 1.45. The van der Waals surface area contributed by atoms with Gasteiger partial charge in [-0.25, -0.2) is 0 Å². The molecule has 0 bridgehead atoms. The van der Waals surface area contributed by atoms with Gasteiger partial charge in [-0.05, 0) is 12.1 Å². The van der Waals surface area contributed by atoms with Crippen molar-refractivity contribution in [2.45, 2.75) is 0 Å². The summed E-state index contributed by atoms with van der Waals surface area (Å²) in [6.45, 7) is 0. The second kappa shape index (κ2) is 4.05. The van der Waals surface area contributed by atoms with Crippen LogP contribution in [-0.4, -0.2) is 20.6 Å². The second-order valence-corrected chi connectivity index (χ2v) is 3.54. The topological polar surface area (TPSA) is 75.1 Å². The third-order valence-electron chi connectivity index (χ3n) is 1.75. The fourth-order valence-electron chi connectivity index (χ4n) is 1.07. The van der Waals surface area contributed by atoms with Crippen LogP contribution in [0.1, 0.15) is 10.4 Å². The Labute approximate surface area is 89.5 Å². The summed E-state index contributed by atoms with van der Waals surface area (Å²) in [5.41, 5.74) is 0.228. The molecular formula is C9H7N3O2S. The Morgan fingerprint density at radius 2 is 2.20 bits per heavy atom. The minimum Gasteiger partial charge on any atom is -0.507 e. The SMILES string of the molecule is O=C(Nc1cnns1)c1ccccc1O. The lowest BCUT2D eigenvalue weighted by molar-refractivity contribution is 0.102. The number of hydrogen-bond donors (Lipinski definition) is 2. The van der Waals surface area contributed by atoms with Gasteiger partial charge in [-0.2, -0.15) is 0 Å². The fourth-order valence-corrected chi connectivity index (χ4v) is 1.48. The Balaban J connectivity index is 2.19. The van der Waals surface area contributed by atoms with E-state index in [4.69, 9.17) is 0 Å². The van der Waals surface area contributed by atoms with Crippen molar-refractivity contribution in [2.75, 3.05) is 5.32 Å². The molecule has 0 atom stereocenters. The maximum Gasteiger partial charge on any atom is 0.260 e. The molecule has 0 aliphatic heterocycles. The summed E-state index contributed by atoms with van der Waals surface area (Å²) in [5.74, 6) is -0.424. The summed E-state index contributed by atoms with van der Waals surface area (Å²) >= 11 is 1.08. The number of anilines is 1. The highest BCUT2D eigenvalue weighted by Crippen LogP contribution is 2.18. The van der Waals surface area contributed by atoms with Gasteiger partial charge in [-0.15, -0.1) is 5.10 Å². The van der Waals surface area contributed by atoms with Crippen molar-refractivity contribution in [3.8, 4) is 5.75 Å². The van der Waals surface area contributed by atoms with Crippen molar-refractivity contribution in [3.05, 3.63) is 36.0 Å². The number of carbonyl (C=O) groups excluding carboxylic acids is 1. The minimum atomic E-state index is -0.376. The van der Waals surface area contributed by atoms with Gasteiger partial charge >= 0.3 is 0 Å².